The first-order valence-corrected chi connectivity index (χ1v) is 9.86. The van der Waals surface area contributed by atoms with Crippen LogP contribution in [0.4, 0.5) is 11.4 Å². The van der Waals surface area contributed by atoms with E-state index < -0.39 is 0 Å². The number of phenolic OH excluding ortho intramolecular Hbond substituents is 1. The topological polar surface area (TPSA) is 42.3 Å². The van der Waals surface area contributed by atoms with Crippen LogP contribution in [0.3, 0.4) is 0 Å². The molecule has 0 aromatic heterocycles. The van der Waals surface area contributed by atoms with Gasteiger partial charge in [-0.3, -0.25) is 5.01 Å². The smallest absolute Gasteiger partial charge is 0.126 e. The summed E-state index contributed by atoms with van der Waals surface area (Å²) >= 11 is 5.96. The van der Waals surface area contributed by atoms with Crippen molar-refractivity contribution in [3.8, 4) is 5.75 Å². The zero-order valence-electron chi connectivity index (χ0n) is 16.0. The number of rotatable bonds is 6. The minimum Gasteiger partial charge on any atom is -0.507 e. The van der Waals surface area contributed by atoms with Crippen molar-refractivity contribution >= 4 is 29.2 Å². The Morgan fingerprint density at radius 1 is 1.04 bits per heavy atom. The molecule has 0 amide bonds. The van der Waals surface area contributed by atoms with Gasteiger partial charge in [0.2, 0.25) is 0 Å². The van der Waals surface area contributed by atoms with E-state index in [4.69, 9.17) is 11.6 Å². The minimum absolute atomic E-state index is 0.267. The molecule has 1 heterocycles. The molecule has 6 heteroatoms. The standard InChI is InChI=1S/C21H27ClN4O/c1-3-24(4-2)20-8-5-17(21(27)15-20)16-23-26-13-11-25(12-14-26)19-9-6-18(22)7-10-19/h5-10,15-16,27H,3-4,11-14H2,1-2H3. The Balaban J connectivity index is 1.58. The molecule has 0 bridgehead atoms. The molecule has 2 aromatic carbocycles. The van der Waals surface area contributed by atoms with Gasteiger partial charge < -0.3 is 14.9 Å². The van der Waals surface area contributed by atoms with Gasteiger partial charge in [0.1, 0.15) is 5.75 Å². The second-order valence-electron chi connectivity index (χ2n) is 6.58. The molecule has 3 rings (SSSR count). The van der Waals surface area contributed by atoms with E-state index in [2.05, 4.69) is 40.9 Å². The molecule has 1 saturated heterocycles. The van der Waals surface area contributed by atoms with Crippen LogP contribution in [0.5, 0.6) is 5.75 Å². The fourth-order valence-corrected chi connectivity index (χ4v) is 3.42. The molecule has 1 aliphatic rings. The van der Waals surface area contributed by atoms with Crippen molar-refractivity contribution in [2.45, 2.75) is 13.8 Å². The molecule has 0 radical (unpaired) electrons. The SMILES string of the molecule is CCN(CC)c1ccc(C=NN2CCN(c3ccc(Cl)cc3)CC2)c(O)c1. The van der Waals surface area contributed by atoms with Crippen LogP contribution in [-0.2, 0) is 0 Å². The number of nitrogens with zero attached hydrogens (tertiary/aromatic N) is 4. The van der Waals surface area contributed by atoms with Gasteiger partial charge in [-0.15, -0.1) is 0 Å². The summed E-state index contributed by atoms with van der Waals surface area (Å²) in [7, 11) is 0. The third-order valence-corrected chi connectivity index (χ3v) is 5.20. The Morgan fingerprint density at radius 2 is 1.70 bits per heavy atom. The number of anilines is 2. The van der Waals surface area contributed by atoms with Crippen LogP contribution in [-0.4, -0.2) is 55.6 Å². The van der Waals surface area contributed by atoms with Gasteiger partial charge in [-0.2, -0.15) is 5.10 Å². The van der Waals surface area contributed by atoms with E-state index in [1.165, 1.54) is 5.69 Å². The Bertz CT molecular complexity index is 766. The number of halogens is 1. The first-order chi connectivity index (χ1) is 13.1. The van der Waals surface area contributed by atoms with Crippen molar-refractivity contribution in [2.75, 3.05) is 49.1 Å². The van der Waals surface area contributed by atoms with E-state index in [-0.39, 0.29) is 5.75 Å². The van der Waals surface area contributed by atoms with Crippen LogP contribution >= 0.6 is 11.6 Å². The first-order valence-electron chi connectivity index (χ1n) is 9.48. The second-order valence-corrected chi connectivity index (χ2v) is 7.01. The quantitative estimate of drug-likeness (QED) is 0.760. The third kappa shape index (κ3) is 4.86. The average molecular weight is 387 g/mol. The van der Waals surface area contributed by atoms with E-state index in [1.54, 1.807) is 6.21 Å². The maximum atomic E-state index is 10.3. The van der Waals surface area contributed by atoms with Crippen LogP contribution in [0.1, 0.15) is 19.4 Å². The molecule has 144 valence electrons. The first kappa shape index (κ1) is 19.4. The van der Waals surface area contributed by atoms with Crippen molar-refractivity contribution in [3.05, 3.63) is 53.1 Å². The maximum absolute atomic E-state index is 10.3. The highest BCUT2D eigenvalue weighted by molar-refractivity contribution is 6.30. The van der Waals surface area contributed by atoms with Crippen LogP contribution in [0, 0.1) is 0 Å². The predicted octanol–water partition coefficient (Wildman–Crippen LogP) is 4.05. The predicted molar refractivity (Wildman–Crippen MR) is 114 cm³/mol. The molecule has 0 aliphatic carbocycles. The molecule has 1 N–H and O–H groups in total. The van der Waals surface area contributed by atoms with Gasteiger partial charge >= 0.3 is 0 Å². The molecule has 1 aliphatic heterocycles. The molecule has 1 fully saturated rings. The van der Waals surface area contributed by atoms with Gasteiger partial charge in [0.05, 0.1) is 19.3 Å². The molecule has 0 spiro atoms. The van der Waals surface area contributed by atoms with Gasteiger partial charge in [0, 0.05) is 54.2 Å². The summed E-state index contributed by atoms with van der Waals surface area (Å²) in [4.78, 5) is 4.54. The van der Waals surface area contributed by atoms with Crippen LogP contribution in [0.15, 0.2) is 47.6 Å². The van der Waals surface area contributed by atoms with Crippen LogP contribution < -0.4 is 9.80 Å². The largest absolute Gasteiger partial charge is 0.507 e. The molecule has 0 saturated carbocycles. The monoisotopic (exact) mass is 386 g/mol. The lowest BCUT2D eigenvalue weighted by molar-refractivity contribution is 0.272. The zero-order valence-corrected chi connectivity index (χ0v) is 16.7. The lowest BCUT2D eigenvalue weighted by Gasteiger charge is -2.34. The molecule has 0 unspecified atom stereocenters. The van der Waals surface area contributed by atoms with E-state index in [1.807, 2.05) is 35.3 Å². The van der Waals surface area contributed by atoms with Gasteiger partial charge in [-0.1, -0.05) is 11.6 Å². The lowest BCUT2D eigenvalue weighted by atomic mass is 10.2. The summed E-state index contributed by atoms with van der Waals surface area (Å²) in [5.41, 5.74) is 2.96. The third-order valence-electron chi connectivity index (χ3n) is 4.95. The molecule has 2 aromatic rings. The van der Waals surface area contributed by atoms with Gasteiger partial charge in [-0.05, 0) is 50.2 Å². The summed E-state index contributed by atoms with van der Waals surface area (Å²) < 4.78 is 0. The van der Waals surface area contributed by atoms with E-state index in [9.17, 15) is 5.11 Å². The zero-order chi connectivity index (χ0) is 19.2. The minimum atomic E-state index is 0.267. The van der Waals surface area contributed by atoms with Crippen molar-refractivity contribution in [1.29, 1.82) is 0 Å². The summed E-state index contributed by atoms with van der Waals surface area (Å²) in [6, 6.07) is 13.7. The normalized spacial score (nSPS) is 14.8. The number of hydrazone groups is 1. The van der Waals surface area contributed by atoms with Crippen molar-refractivity contribution in [1.82, 2.24) is 5.01 Å². The lowest BCUT2D eigenvalue weighted by Crippen LogP contribution is -2.44. The number of benzene rings is 2. The fraction of sp³-hybridized carbons (Fsp3) is 0.381. The summed E-state index contributed by atoms with van der Waals surface area (Å²) in [5, 5.41) is 17.7. The Kier molecular flexibility index (Phi) is 6.45. The van der Waals surface area contributed by atoms with Gasteiger partial charge in [-0.25, -0.2) is 0 Å². The summed E-state index contributed by atoms with van der Waals surface area (Å²) in [5.74, 6) is 0.267. The van der Waals surface area contributed by atoms with Crippen molar-refractivity contribution in [3.63, 3.8) is 0 Å². The highest BCUT2D eigenvalue weighted by Crippen LogP contribution is 2.24. The molecular formula is C21H27ClN4O. The number of piperazine rings is 1. The van der Waals surface area contributed by atoms with E-state index >= 15 is 0 Å². The van der Waals surface area contributed by atoms with Crippen LogP contribution in [0.25, 0.3) is 0 Å². The fourth-order valence-electron chi connectivity index (χ4n) is 3.29. The highest BCUT2D eigenvalue weighted by Gasteiger charge is 2.15. The molecule has 5 nitrogen and oxygen atoms in total. The molecule has 0 atom stereocenters. The average Bonchev–Trinajstić information content (AvgIpc) is 2.69. The summed E-state index contributed by atoms with van der Waals surface area (Å²) in [6.45, 7) is 9.56. The van der Waals surface area contributed by atoms with Crippen molar-refractivity contribution in [2.24, 2.45) is 5.10 Å². The molecule has 27 heavy (non-hydrogen) atoms. The molecular weight excluding hydrogens is 360 g/mol. The Hall–Kier alpha value is -2.40. The highest BCUT2D eigenvalue weighted by atomic mass is 35.5. The Labute approximate surface area is 166 Å². The Morgan fingerprint density at radius 3 is 2.30 bits per heavy atom. The number of phenols is 1. The second kappa shape index (κ2) is 9.00. The van der Waals surface area contributed by atoms with E-state index in [0.717, 1.165) is 55.5 Å². The van der Waals surface area contributed by atoms with Crippen molar-refractivity contribution < 1.29 is 5.11 Å². The number of hydrogen-bond donors (Lipinski definition) is 1. The maximum Gasteiger partial charge on any atom is 0.126 e. The summed E-state index contributed by atoms with van der Waals surface area (Å²) in [6.07, 6.45) is 1.75. The van der Waals surface area contributed by atoms with Gasteiger partial charge in [0.25, 0.3) is 0 Å². The van der Waals surface area contributed by atoms with Gasteiger partial charge in [0.15, 0.2) is 0 Å². The number of aromatic hydroxyl groups is 1. The van der Waals surface area contributed by atoms with Crippen LogP contribution in [0.2, 0.25) is 5.02 Å². The number of hydrogen-bond acceptors (Lipinski definition) is 5. The van der Waals surface area contributed by atoms with E-state index in [0.29, 0.717) is 0 Å².